The van der Waals surface area contributed by atoms with Gasteiger partial charge in [0.05, 0.1) is 12.8 Å². The van der Waals surface area contributed by atoms with Crippen molar-refractivity contribution < 1.29 is 14.6 Å². The molecular weight excluding hydrogens is 234 g/mol. The molecule has 0 bridgehead atoms. The van der Waals surface area contributed by atoms with Gasteiger partial charge in [0.1, 0.15) is 18.1 Å². The quantitative estimate of drug-likeness (QED) is 0.847. The van der Waals surface area contributed by atoms with Crippen LogP contribution in [0.2, 0.25) is 0 Å². The summed E-state index contributed by atoms with van der Waals surface area (Å²) in [5.74, 6) is 0.0889. The lowest BCUT2D eigenvalue weighted by molar-refractivity contribution is -0.137. The van der Waals surface area contributed by atoms with Gasteiger partial charge in [-0.05, 0) is 24.3 Å². The molecule has 0 atom stereocenters. The van der Waals surface area contributed by atoms with Crippen LogP contribution in [0.25, 0.3) is 11.3 Å². The first-order valence-electron chi connectivity index (χ1n) is 5.29. The van der Waals surface area contributed by atoms with Crippen molar-refractivity contribution in [2.45, 2.75) is 6.54 Å². The topological polar surface area (TPSA) is 90.4 Å². The highest BCUT2D eigenvalue weighted by Crippen LogP contribution is 2.22. The minimum Gasteiger partial charge on any atom is -0.497 e. The molecule has 2 aromatic rings. The molecule has 0 fully saturated rings. The lowest BCUT2D eigenvalue weighted by Crippen LogP contribution is -2.12. The van der Waals surface area contributed by atoms with Crippen molar-refractivity contribution in [1.29, 1.82) is 0 Å². The maximum Gasteiger partial charge on any atom is 0.325 e. The highest BCUT2D eigenvalue weighted by molar-refractivity contribution is 5.68. The maximum absolute atomic E-state index is 10.6. The summed E-state index contributed by atoms with van der Waals surface area (Å²) in [6, 6.07) is 8.94. The van der Waals surface area contributed by atoms with Crippen LogP contribution in [0.1, 0.15) is 0 Å². The Morgan fingerprint density at radius 3 is 2.67 bits per heavy atom. The van der Waals surface area contributed by atoms with Crippen LogP contribution < -0.4 is 10.5 Å². The fourth-order valence-electron chi connectivity index (χ4n) is 1.59. The largest absolute Gasteiger partial charge is 0.497 e. The van der Waals surface area contributed by atoms with Crippen molar-refractivity contribution >= 4 is 11.8 Å². The maximum atomic E-state index is 10.6. The van der Waals surface area contributed by atoms with E-state index in [4.69, 9.17) is 15.6 Å². The summed E-state index contributed by atoms with van der Waals surface area (Å²) in [5.41, 5.74) is 7.18. The lowest BCUT2D eigenvalue weighted by atomic mass is 10.1. The van der Waals surface area contributed by atoms with Crippen molar-refractivity contribution in [1.82, 2.24) is 9.78 Å². The van der Waals surface area contributed by atoms with E-state index in [2.05, 4.69) is 5.10 Å². The van der Waals surface area contributed by atoms with Crippen LogP contribution in [0.4, 0.5) is 5.82 Å². The third kappa shape index (κ3) is 2.42. The number of nitrogens with zero attached hydrogens (tertiary/aromatic N) is 2. The Morgan fingerprint density at radius 1 is 1.44 bits per heavy atom. The number of aromatic nitrogens is 2. The van der Waals surface area contributed by atoms with Crippen molar-refractivity contribution in [3.8, 4) is 17.0 Å². The number of hydrogen-bond acceptors (Lipinski definition) is 4. The molecule has 0 radical (unpaired) electrons. The first-order chi connectivity index (χ1) is 8.60. The second-order valence-electron chi connectivity index (χ2n) is 3.73. The van der Waals surface area contributed by atoms with Gasteiger partial charge in [0.15, 0.2) is 0 Å². The van der Waals surface area contributed by atoms with E-state index in [-0.39, 0.29) is 6.54 Å². The summed E-state index contributed by atoms with van der Waals surface area (Å²) in [6.07, 6.45) is 0. The van der Waals surface area contributed by atoms with Crippen LogP contribution in [0.3, 0.4) is 0 Å². The molecule has 1 heterocycles. The van der Waals surface area contributed by atoms with E-state index in [9.17, 15) is 4.79 Å². The Hall–Kier alpha value is -2.50. The number of ether oxygens (including phenoxy) is 1. The molecule has 94 valence electrons. The van der Waals surface area contributed by atoms with Crippen molar-refractivity contribution in [3.63, 3.8) is 0 Å². The minimum absolute atomic E-state index is 0.248. The summed E-state index contributed by atoms with van der Waals surface area (Å²) in [4.78, 5) is 10.6. The number of carboxylic acid groups (broad SMARTS) is 1. The highest BCUT2D eigenvalue weighted by Gasteiger charge is 2.09. The predicted octanol–water partition coefficient (Wildman–Crippen LogP) is 1.23. The molecule has 0 spiro atoms. The fourth-order valence-corrected chi connectivity index (χ4v) is 1.59. The van der Waals surface area contributed by atoms with Crippen LogP contribution in [0.15, 0.2) is 30.3 Å². The number of rotatable bonds is 4. The number of carbonyl (C=O) groups is 1. The zero-order chi connectivity index (χ0) is 13.1. The van der Waals surface area contributed by atoms with Crippen LogP contribution in [0, 0.1) is 0 Å². The zero-order valence-electron chi connectivity index (χ0n) is 9.83. The van der Waals surface area contributed by atoms with Gasteiger partial charge in [0.25, 0.3) is 0 Å². The summed E-state index contributed by atoms with van der Waals surface area (Å²) >= 11 is 0. The first kappa shape index (κ1) is 12.0. The van der Waals surface area contributed by atoms with E-state index < -0.39 is 5.97 Å². The monoisotopic (exact) mass is 247 g/mol. The van der Waals surface area contributed by atoms with Gasteiger partial charge >= 0.3 is 5.97 Å². The second-order valence-corrected chi connectivity index (χ2v) is 3.73. The van der Waals surface area contributed by atoms with Crippen LogP contribution >= 0.6 is 0 Å². The molecule has 0 aliphatic heterocycles. The molecule has 3 N–H and O–H groups in total. The summed E-state index contributed by atoms with van der Waals surface area (Å²) < 4.78 is 6.31. The molecule has 0 saturated heterocycles. The molecule has 6 nitrogen and oxygen atoms in total. The number of benzene rings is 1. The third-order valence-corrected chi connectivity index (χ3v) is 2.48. The van der Waals surface area contributed by atoms with Crippen molar-refractivity contribution in [2.24, 2.45) is 0 Å². The average Bonchev–Trinajstić information content (AvgIpc) is 2.70. The number of anilines is 1. The summed E-state index contributed by atoms with van der Waals surface area (Å²) in [7, 11) is 1.59. The molecule has 0 saturated carbocycles. The third-order valence-electron chi connectivity index (χ3n) is 2.48. The number of carboxylic acids is 1. The number of nitrogen functional groups attached to an aromatic ring is 1. The van der Waals surface area contributed by atoms with Gasteiger partial charge in [0.2, 0.25) is 0 Å². The SMILES string of the molecule is COc1ccc(-c2cc(N)n(CC(=O)O)n2)cc1. The molecular formula is C12H13N3O3. The smallest absolute Gasteiger partial charge is 0.325 e. The zero-order valence-corrected chi connectivity index (χ0v) is 9.83. The van der Waals surface area contributed by atoms with E-state index in [0.29, 0.717) is 11.5 Å². The van der Waals surface area contributed by atoms with Gasteiger partial charge in [-0.2, -0.15) is 5.10 Å². The second kappa shape index (κ2) is 4.79. The van der Waals surface area contributed by atoms with Crippen LogP contribution in [-0.4, -0.2) is 28.0 Å². The van der Waals surface area contributed by atoms with E-state index in [0.717, 1.165) is 11.3 Å². The number of methoxy groups -OCH3 is 1. The van der Waals surface area contributed by atoms with Gasteiger partial charge < -0.3 is 15.6 Å². The van der Waals surface area contributed by atoms with Crippen LogP contribution in [-0.2, 0) is 11.3 Å². The molecule has 0 unspecified atom stereocenters. The van der Waals surface area contributed by atoms with E-state index in [1.165, 1.54) is 4.68 Å². The molecule has 0 aliphatic carbocycles. The van der Waals surface area contributed by atoms with Gasteiger partial charge in [0, 0.05) is 11.6 Å². The van der Waals surface area contributed by atoms with Crippen molar-refractivity contribution in [2.75, 3.05) is 12.8 Å². The Morgan fingerprint density at radius 2 is 2.11 bits per heavy atom. The Bertz CT molecular complexity index is 560. The summed E-state index contributed by atoms with van der Waals surface area (Å²) in [6.45, 7) is -0.248. The fraction of sp³-hybridized carbons (Fsp3) is 0.167. The Labute approximate surface area is 104 Å². The molecule has 0 aliphatic rings. The first-order valence-corrected chi connectivity index (χ1v) is 5.29. The van der Waals surface area contributed by atoms with Gasteiger partial charge in [-0.15, -0.1) is 0 Å². The molecule has 2 rings (SSSR count). The molecule has 6 heteroatoms. The normalized spacial score (nSPS) is 10.3. The molecule has 1 aromatic carbocycles. The molecule has 0 amide bonds. The predicted molar refractivity (Wildman–Crippen MR) is 66.3 cm³/mol. The Kier molecular flexibility index (Phi) is 3.18. The van der Waals surface area contributed by atoms with Gasteiger partial charge in [-0.25, -0.2) is 4.68 Å². The number of nitrogens with two attached hydrogens (primary N) is 1. The highest BCUT2D eigenvalue weighted by atomic mass is 16.5. The van der Waals surface area contributed by atoms with E-state index in [1.54, 1.807) is 13.2 Å². The van der Waals surface area contributed by atoms with Gasteiger partial charge in [-0.1, -0.05) is 0 Å². The lowest BCUT2D eigenvalue weighted by Gasteiger charge is -2.00. The number of hydrogen-bond donors (Lipinski definition) is 2. The Balaban J connectivity index is 2.30. The minimum atomic E-state index is -0.980. The molecule has 18 heavy (non-hydrogen) atoms. The van der Waals surface area contributed by atoms with Gasteiger partial charge in [-0.3, -0.25) is 4.79 Å². The van der Waals surface area contributed by atoms with Crippen molar-refractivity contribution in [3.05, 3.63) is 30.3 Å². The molecule has 1 aromatic heterocycles. The van der Waals surface area contributed by atoms with E-state index >= 15 is 0 Å². The number of aliphatic carboxylic acids is 1. The average molecular weight is 247 g/mol. The van der Waals surface area contributed by atoms with E-state index in [1.807, 2.05) is 24.3 Å². The van der Waals surface area contributed by atoms with Crippen LogP contribution in [0.5, 0.6) is 5.75 Å². The standard InChI is InChI=1S/C12H13N3O3/c1-18-9-4-2-8(3-5-9)10-6-11(13)15(14-10)7-12(16)17/h2-6H,7,13H2,1H3,(H,16,17). The summed E-state index contributed by atoms with van der Waals surface area (Å²) in [5, 5.41) is 12.9.